The van der Waals surface area contributed by atoms with Crippen molar-refractivity contribution in [2.24, 2.45) is 4.99 Å². The smallest absolute Gasteiger partial charge is 0.246 e. The molecular weight excluding hydrogens is 331 g/mol. The third-order valence-electron chi connectivity index (χ3n) is 3.64. The van der Waals surface area contributed by atoms with Gasteiger partial charge in [-0.15, -0.1) is 5.54 Å². The van der Waals surface area contributed by atoms with Crippen molar-refractivity contribution in [3.63, 3.8) is 0 Å². The molecule has 0 radical (unpaired) electrons. The van der Waals surface area contributed by atoms with E-state index in [0.717, 1.165) is 5.56 Å². The lowest BCUT2D eigenvalue weighted by Crippen LogP contribution is -2.16. The van der Waals surface area contributed by atoms with Gasteiger partial charge in [0.2, 0.25) is 5.91 Å². The quantitative estimate of drug-likeness (QED) is 0.616. The van der Waals surface area contributed by atoms with Crippen LogP contribution in [0.25, 0.3) is 0 Å². The minimum atomic E-state index is -1.51. The minimum Gasteiger partial charge on any atom is -0.324 e. The maximum atomic E-state index is 14.3. The lowest BCUT2D eigenvalue weighted by molar-refractivity contribution is -0.114. The average Bonchev–Trinajstić information content (AvgIpc) is 2.71. The van der Waals surface area contributed by atoms with Crippen LogP contribution in [0.1, 0.15) is 16.7 Å². The number of fused-ring (bicyclic) bond motifs is 1. The van der Waals surface area contributed by atoms with Crippen molar-refractivity contribution in [3.8, 4) is 11.5 Å². The van der Waals surface area contributed by atoms with Crippen LogP contribution in [0, 0.1) is 17.3 Å². The lowest BCUT2D eigenvalue weighted by Gasteiger charge is -2.11. The molecule has 2 aromatic carbocycles. The number of carbonyl (C=O) groups is 1. The highest BCUT2D eigenvalue weighted by Gasteiger charge is 2.20. The van der Waals surface area contributed by atoms with E-state index in [9.17, 15) is 9.18 Å². The Kier molecular flexibility index (Phi) is 4.56. The van der Waals surface area contributed by atoms with Crippen LogP contribution in [0.3, 0.4) is 0 Å². The van der Waals surface area contributed by atoms with E-state index in [1.54, 1.807) is 18.2 Å². The van der Waals surface area contributed by atoms with Gasteiger partial charge < -0.3 is 5.32 Å². The van der Waals surface area contributed by atoms with Crippen molar-refractivity contribution in [1.29, 1.82) is 0 Å². The summed E-state index contributed by atoms with van der Waals surface area (Å²) in [6.45, 7) is 6.50. The van der Waals surface area contributed by atoms with Crippen molar-refractivity contribution >= 4 is 25.4 Å². The maximum absolute atomic E-state index is 14.3. The van der Waals surface area contributed by atoms with Gasteiger partial charge in [0, 0.05) is 16.7 Å². The van der Waals surface area contributed by atoms with Crippen LogP contribution >= 0.6 is 0 Å². The summed E-state index contributed by atoms with van der Waals surface area (Å²) >= 11 is 0. The van der Waals surface area contributed by atoms with Gasteiger partial charge in [-0.25, -0.2) is 4.39 Å². The summed E-state index contributed by atoms with van der Waals surface area (Å²) < 4.78 is 14.3. The van der Waals surface area contributed by atoms with Crippen molar-refractivity contribution in [2.75, 3.05) is 11.9 Å². The highest BCUT2D eigenvalue weighted by molar-refractivity contribution is 6.83. The molecule has 1 heterocycles. The number of benzene rings is 2. The molecule has 1 aliphatic heterocycles. The fraction of sp³-hybridized carbons (Fsp3) is 0.200. The Bertz CT molecular complexity index is 933. The van der Waals surface area contributed by atoms with Gasteiger partial charge in [0.15, 0.2) is 0 Å². The summed E-state index contributed by atoms with van der Waals surface area (Å²) in [4.78, 5) is 16.3. The number of anilines is 1. The van der Waals surface area contributed by atoms with Gasteiger partial charge in [-0.3, -0.25) is 9.79 Å². The number of carbonyl (C=O) groups excluding carboxylic acids is 1. The highest BCUT2D eigenvalue weighted by Crippen LogP contribution is 2.25. The van der Waals surface area contributed by atoms with Crippen LogP contribution in [0.4, 0.5) is 10.1 Å². The predicted octanol–water partition coefficient (Wildman–Crippen LogP) is 3.84. The molecule has 126 valence electrons. The third-order valence-corrected chi connectivity index (χ3v) is 4.52. The first kappa shape index (κ1) is 17.1. The molecule has 1 N–H and O–H groups in total. The molecular formula is C20H19FN2OSi. The van der Waals surface area contributed by atoms with Crippen LogP contribution in [-0.4, -0.2) is 26.2 Å². The molecule has 0 fully saturated rings. The van der Waals surface area contributed by atoms with E-state index in [0.29, 0.717) is 22.5 Å². The first-order chi connectivity index (χ1) is 11.8. The van der Waals surface area contributed by atoms with Gasteiger partial charge in [-0.05, 0) is 30.3 Å². The van der Waals surface area contributed by atoms with Gasteiger partial charge in [-0.1, -0.05) is 37.7 Å². The third kappa shape index (κ3) is 4.04. The average molecular weight is 350 g/mol. The molecule has 3 rings (SSSR count). The van der Waals surface area contributed by atoms with E-state index in [1.165, 1.54) is 6.07 Å². The van der Waals surface area contributed by atoms with E-state index >= 15 is 0 Å². The number of hydrogen-bond donors (Lipinski definition) is 1. The number of aliphatic imine (C=N–C) groups is 1. The van der Waals surface area contributed by atoms with Crippen molar-refractivity contribution in [2.45, 2.75) is 19.6 Å². The molecule has 0 saturated heterocycles. The van der Waals surface area contributed by atoms with Crippen molar-refractivity contribution in [1.82, 2.24) is 0 Å². The van der Waals surface area contributed by atoms with Crippen LogP contribution in [0.15, 0.2) is 47.5 Å². The van der Waals surface area contributed by atoms with Gasteiger partial charge >= 0.3 is 0 Å². The van der Waals surface area contributed by atoms with Gasteiger partial charge in [-0.2, -0.15) is 0 Å². The van der Waals surface area contributed by atoms with E-state index < -0.39 is 8.07 Å². The molecule has 3 nitrogen and oxygen atoms in total. The summed E-state index contributed by atoms with van der Waals surface area (Å²) in [6.07, 6.45) is 0. The molecule has 0 bridgehead atoms. The fourth-order valence-corrected chi connectivity index (χ4v) is 3.02. The first-order valence-electron chi connectivity index (χ1n) is 8.10. The van der Waals surface area contributed by atoms with E-state index in [-0.39, 0.29) is 18.3 Å². The molecule has 0 aromatic heterocycles. The number of halogens is 1. The number of rotatable bonds is 1. The molecule has 1 aliphatic rings. The summed E-state index contributed by atoms with van der Waals surface area (Å²) in [7, 11) is -1.51. The SMILES string of the molecule is C[Si](C)(C)C#Cc1ccc2c(c1)C(c1ccccc1F)=NCC(=O)N2. The minimum absolute atomic E-state index is 0.0335. The molecule has 0 atom stereocenters. The Labute approximate surface area is 148 Å². The number of nitrogens with one attached hydrogen (secondary N) is 1. The lowest BCUT2D eigenvalue weighted by atomic mass is 9.98. The summed E-state index contributed by atoms with van der Waals surface area (Å²) in [5, 5.41) is 2.83. The predicted molar refractivity (Wildman–Crippen MR) is 102 cm³/mol. The van der Waals surface area contributed by atoms with Crippen molar-refractivity contribution in [3.05, 3.63) is 65.0 Å². The number of hydrogen-bond acceptors (Lipinski definition) is 2. The second kappa shape index (κ2) is 6.65. The zero-order chi connectivity index (χ0) is 18.0. The van der Waals surface area contributed by atoms with Crippen LogP contribution < -0.4 is 5.32 Å². The summed E-state index contributed by atoms with van der Waals surface area (Å²) in [5.41, 5.74) is 6.34. The molecule has 1 amide bonds. The maximum Gasteiger partial charge on any atom is 0.246 e. The Morgan fingerprint density at radius 3 is 2.60 bits per heavy atom. The Balaban J connectivity index is 2.15. The molecule has 5 heteroatoms. The van der Waals surface area contributed by atoms with Gasteiger partial charge in [0.25, 0.3) is 0 Å². The standard InChI is InChI=1S/C20H19FN2OSi/c1-25(2,3)11-10-14-8-9-18-16(12-14)20(22-13-19(24)23-18)15-6-4-5-7-17(15)21/h4-9,12H,13H2,1-3H3,(H,23,24). The second-order valence-electron chi connectivity index (χ2n) is 6.95. The van der Waals surface area contributed by atoms with E-state index in [4.69, 9.17) is 0 Å². The van der Waals surface area contributed by atoms with Crippen molar-refractivity contribution < 1.29 is 9.18 Å². The normalized spacial score (nSPS) is 13.8. The number of amides is 1. The van der Waals surface area contributed by atoms with Gasteiger partial charge in [0.05, 0.1) is 11.4 Å². The van der Waals surface area contributed by atoms with Gasteiger partial charge in [0.1, 0.15) is 20.4 Å². The first-order valence-corrected chi connectivity index (χ1v) is 11.6. The van der Waals surface area contributed by atoms with Crippen LogP contribution in [0.5, 0.6) is 0 Å². The zero-order valence-electron chi connectivity index (χ0n) is 14.5. The topological polar surface area (TPSA) is 41.5 Å². The molecule has 0 spiro atoms. The molecule has 0 saturated carbocycles. The van der Waals surface area contributed by atoms with E-state index in [1.807, 2.05) is 18.2 Å². The summed E-state index contributed by atoms with van der Waals surface area (Å²) in [6, 6.07) is 12.0. The van der Waals surface area contributed by atoms with E-state index in [2.05, 4.69) is 41.4 Å². The Hall–Kier alpha value is -2.71. The van der Waals surface area contributed by atoms with Crippen LogP contribution in [0.2, 0.25) is 19.6 Å². The Morgan fingerprint density at radius 1 is 1.12 bits per heavy atom. The highest BCUT2D eigenvalue weighted by atomic mass is 28.3. The molecule has 2 aromatic rings. The zero-order valence-corrected chi connectivity index (χ0v) is 15.5. The fourth-order valence-electron chi connectivity index (χ4n) is 2.50. The monoisotopic (exact) mass is 350 g/mol. The molecule has 25 heavy (non-hydrogen) atoms. The largest absolute Gasteiger partial charge is 0.324 e. The van der Waals surface area contributed by atoms with Crippen LogP contribution in [-0.2, 0) is 4.79 Å². The second-order valence-corrected chi connectivity index (χ2v) is 11.7. The molecule has 0 unspecified atom stereocenters. The summed E-state index contributed by atoms with van der Waals surface area (Å²) in [5.74, 6) is 2.63. The molecule has 0 aliphatic carbocycles. The Morgan fingerprint density at radius 2 is 1.88 bits per heavy atom. The number of nitrogens with zero attached hydrogens (tertiary/aromatic N) is 1. The number of benzodiazepines with no additional fused rings is 1.